The van der Waals surface area contributed by atoms with Gasteiger partial charge in [-0.15, -0.1) is 0 Å². The van der Waals surface area contributed by atoms with Crippen LogP contribution in [0.25, 0.3) is 0 Å². The van der Waals surface area contributed by atoms with Gasteiger partial charge in [0.2, 0.25) is 0 Å². The topological polar surface area (TPSA) is 25.2 Å². The van der Waals surface area contributed by atoms with Gasteiger partial charge in [-0.2, -0.15) is 0 Å². The largest absolute Gasteiger partial charge is 0.469 e. The molecule has 1 heterocycles. The molecular formula is C16H27NO. The van der Waals surface area contributed by atoms with Crippen molar-refractivity contribution in [1.29, 1.82) is 0 Å². The third-order valence-electron chi connectivity index (χ3n) is 4.53. The van der Waals surface area contributed by atoms with E-state index >= 15 is 0 Å². The van der Waals surface area contributed by atoms with Gasteiger partial charge in [-0.05, 0) is 43.9 Å². The Kier molecular flexibility index (Phi) is 5.30. The fourth-order valence-corrected chi connectivity index (χ4v) is 3.44. The number of hydrogen-bond donors (Lipinski definition) is 1. The monoisotopic (exact) mass is 249 g/mol. The average molecular weight is 249 g/mol. The summed E-state index contributed by atoms with van der Waals surface area (Å²) in [6.45, 7) is 2.30. The lowest BCUT2D eigenvalue weighted by molar-refractivity contribution is 0.213. The quantitative estimate of drug-likeness (QED) is 0.824. The lowest BCUT2D eigenvalue weighted by Gasteiger charge is -2.33. The van der Waals surface area contributed by atoms with Crippen molar-refractivity contribution in [2.24, 2.45) is 11.8 Å². The lowest BCUT2D eigenvalue weighted by atomic mass is 9.76. The van der Waals surface area contributed by atoms with E-state index in [-0.39, 0.29) is 0 Å². The molecule has 2 nitrogen and oxygen atoms in total. The van der Waals surface area contributed by atoms with Crippen LogP contribution in [0.1, 0.15) is 51.2 Å². The Labute approximate surface area is 111 Å². The van der Waals surface area contributed by atoms with Gasteiger partial charge in [0.05, 0.1) is 6.26 Å². The summed E-state index contributed by atoms with van der Waals surface area (Å²) < 4.78 is 5.48. The second kappa shape index (κ2) is 6.98. The van der Waals surface area contributed by atoms with Crippen molar-refractivity contribution in [1.82, 2.24) is 5.32 Å². The van der Waals surface area contributed by atoms with E-state index in [1.807, 2.05) is 6.07 Å². The van der Waals surface area contributed by atoms with Crippen LogP contribution in [0.3, 0.4) is 0 Å². The molecule has 0 amide bonds. The third kappa shape index (κ3) is 3.61. The summed E-state index contributed by atoms with van der Waals surface area (Å²) in [5.74, 6) is 2.94. The molecule has 0 bridgehead atoms. The molecule has 2 heteroatoms. The lowest BCUT2D eigenvalue weighted by Crippen LogP contribution is -2.37. The standard InChI is InChI=1S/C16H27NO/c1-3-5-13-7-9-14(10-8-13)16(17-2)12-15-6-4-11-18-15/h4,6,11,13-14,16-17H,3,5,7-10,12H2,1-2H3. The summed E-state index contributed by atoms with van der Waals surface area (Å²) in [7, 11) is 2.09. The molecule has 1 unspecified atom stereocenters. The summed E-state index contributed by atoms with van der Waals surface area (Å²) in [5, 5.41) is 3.50. The minimum Gasteiger partial charge on any atom is -0.469 e. The molecule has 1 aliphatic rings. The predicted molar refractivity (Wildman–Crippen MR) is 75.6 cm³/mol. The highest BCUT2D eigenvalue weighted by molar-refractivity contribution is 5.01. The summed E-state index contributed by atoms with van der Waals surface area (Å²) in [4.78, 5) is 0. The first-order valence-corrected chi connectivity index (χ1v) is 7.53. The van der Waals surface area contributed by atoms with Crippen molar-refractivity contribution in [2.45, 2.75) is 57.9 Å². The predicted octanol–water partition coefficient (Wildman–Crippen LogP) is 4.02. The van der Waals surface area contributed by atoms with Crippen LogP contribution in [0.5, 0.6) is 0 Å². The average Bonchev–Trinajstić information content (AvgIpc) is 2.90. The molecule has 1 atom stereocenters. The molecule has 0 aliphatic heterocycles. The molecule has 1 aromatic rings. The maximum Gasteiger partial charge on any atom is 0.105 e. The van der Waals surface area contributed by atoms with E-state index < -0.39 is 0 Å². The molecule has 1 N–H and O–H groups in total. The number of furan rings is 1. The van der Waals surface area contributed by atoms with E-state index in [9.17, 15) is 0 Å². The molecular weight excluding hydrogens is 222 g/mol. The van der Waals surface area contributed by atoms with Gasteiger partial charge in [0, 0.05) is 12.5 Å². The van der Waals surface area contributed by atoms with Crippen LogP contribution in [-0.2, 0) is 6.42 Å². The fourth-order valence-electron chi connectivity index (χ4n) is 3.44. The first-order valence-electron chi connectivity index (χ1n) is 7.53. The van der Waals surface area contributed by atoms with Crippen LogP contribution in [0, 0.1) is 11.8 Å². The highest BCUT2D eigenvalue weighted by Crippen LogP contribution is 2.34. The Balaban J connectivity index is 1.82. The zero-order chi connectivity index (χ0) is 12.8. The highest BCUT2D eigenvalue weighted by Gasteiger charge is 2.26. The smallest absolute Gasteiger partial charge is 0.105 e. The zero-order valence-corrected chi connectivity index (χ0v) is 11.8. The maximum atomic E-state index is 5.48. The first kappa shape index (κ1) is 13.7. The molecule has 0 radical (unpaired) electrons. The minimum atomic E-state index is 0.582. The van der Waals surface area contributed by atoms with Crippen LogP contribution < -0.4 is 5.32 Å². The highest BCUT2D eigenvalue weighted by atomic mass is 16.3. The van der Waals surface area contributed by atoms with Crippen molar-refractivity contribution in [3.63, 3.8) is 0 Å². The Hall–Kier alpha value is -0.760. The van der Waals surface area contributed by atoms with Crippen LogP contribution in [-0.4, -0.2) is 13.1 Å². The Bertz CT molecular complexity index is 312. The molecule has 18 heavy (non-hydrogen) atoms. The van der Waals surface area contributed by atoms with Gasteiger partial charge in [-0.1, -0.05) is 32.6 Å². The first-order chi connectivity index (χ1) is 8.83. The zero-order valence-electron chi connectivity index (χ0n) is 11.8. The third-order valence-corrected chi connectivity index (χ3v) is 4.53. The molecule has 1 aromatic heterocycles. The number of hydrogen-bond acceptors (Lipinski definition) is 2. The van der Waals surface area contributed by atoms with E-state index in [1.54, 1.807) is 6.26 Å². The molecule has 1 saturated carbocycles. The van der Waals surface area contributed by atoms with Gasteiger partial charge >= 0.3 is 0 Å². The summed E-state index contributed by atoms with van der Waals surface area (Å²) in [6.07, 6.45) is 11.2. The van der Waals surface area contributed by atoms with E-state index in [1.165, 1.54) is 38.5 Å². The number of nitrogens with one attached hydrogen (secondary N) is 1. The van der Waals surface area contributed by atoms with Gasteiger partial charge in [-0.3, -0.25) is 0 Å². The van der Waals surface area contributed by atoms with E-state index in [0.717, 1.165) is 24.0 Å². The normalized spacial score (nSPS) is 26.1. The molecule has 0 aromatic carbocycles. The van der Waals surface area contributed by atoms with E-state index in [4.69, 9.17) is 4.42 Å². The summed E-state index contributed by atoms with van der Waals surface area (Å²) in [6, 6.07) is 4.66. The Morgan fingerprint density at radius 2 is 2.11 bits per heavy atom. The van der Waals surface area contributed by atoms with Crippen molar-refractivity contribution in [3.05, 3.63) is 24.2 Å². The molecule has 1 aliphatic carbocycles. The summed E-state index contributed by atoms with van der Waals surface area (Å²) in [5.41, 5.74) is 0. The van der Waals surface area contributed by atoms with Gasteiger partial charge in [0.25, 0.3) is 0 Å². The molecule has 0 spiro atoms. The second-order valence-corrected chi connectivity index (χ2v) is 5.75. The van der Waals surface area contributed by atoms with Crippen LogP contribution in [0.4, 0.5) is 0 Å². The maximum absolute atomic E-state index is 5.48. The van der Waals surface area contributed by atoms with Crippen molar-refractivity contribution < 1.29 is 4.42 Å². The van der Waals surface area contributed by atoms with Crippen molar-refractivity contribution >= 4 is 0 Å². The molecule has 2 rings (SSSR count). The number of rotatable bonds is 6. The molecule has 102 valence electrons. The fraction of sp³-hybridized carbons (Fsp3) is 0.750. The SMILES string of the molecule is CCCC1CCC(C(Cc2ccco2)NC)CC1. The van der Waals surface area contributed by atoms with Gasteiger partial charge in [-0.25, -0.2) is 0 Å². The summed E-state index contributed by atoms with van der Waals surface area (Å²) >= 11 is 0. The Morgan fingerprint density at radius 1 is 1.33 bits per heavy atom. The van der Waals surface area contributed by atoms with Gasteiger partial charge in [0.1, 0.15) is 5.76 Å². The number of likely N-dealkylation sites (N-methyl/N-ethyl adjacent to an activating group) is 1. The van der Waals surface area contributed by atoms with Gasteiger partial charge < -0.3 is 9.73 Å². The molecule has 1 fully saturated rings. The van der Waals surface area contributed by atoms with Crippen LogP contribution >= 0.6 is 0 Å². The van der Waals surface area contributed by atoms with Crippen LogP contribution in [0.15, 0.2) is 22.8 Å². The Morgan fingerprint density at radius 3 is 2.67 bits per heavy atom. The van der Waals surface area contributed by atoms with E-state index in [0.29, 0.717) is 6.04 Å². The van der Waals surface area contributed by atoms with Crippen molar-refractivity contribution in [2.75, 3.05) is 7.05 Å². The minimum absolute atomic E-state index is 0.582. The van der Waals surface area contributed by atoms with Crippen LogP contribution in [0.2, 0.25) is 0 Å². The van der Waals surface area contributed by atoms with E-state index in [2.05, 4.69) is 25.4 Å². The van der Waals surface area contributed by atoms with Gasteiger partial charge in [0.15, 0.2) is 0 Å². The van der Waals surface area contributed by atoms with Crippen molar-refractivity contribution in [3.8, 4) is 0 Å². The molecule has 0 saturated heterocycles. The second-order valence-electron chi connectivity index (χ2n) is 5.75.